The third-order valence-electron chi connectivity index (χ3n) is 5.83. The number of aromatic nitrogens is 3. The van der Waals surface area contributed by atoms with Gasteiger partial charge in [-0.3, -0.25) is 14.9 Å². The summed E-state index contributed by atoms with van der Waals surface area (Å²) in [5, 5.41) is 11.9. The Morgan fingerprint density at radius 1 is 1.17 bits per heavy atom. The molecule has 0 aliphatic heterocycles. The maximum atomic E-state index is 12.7. The molecule has 1 aromatic rings. The molecule has 4 aliphatic carbocycles. The van der Waals surface area contributed by atoms with E-state index >= 15 is 0 Å². The van der Waals surface area contributed by atoms with E-state index in [2.05, 4.69) is 25.8 Å². The normalized spacial score (nSPS) is 34.3. The third-order valence-corrected chi connectivity index (χ3v) is 5.83. The van der Waals surface area contributed by atoms with Crippen molar-refractivity contribution in [1.29, 1.82) is 0 Å². The van der Waals surface area contributed by atoms with Crippen LogP contribution < -0.4 is 10.6 Å². The van der Waals surface area contributed by atoms with Crippen LogP contribution in [0.2, 0.25) is 0 Å². The molecule has 1 aromatic heterocycles. The van der Waals surface area contributed by atoms with Gasteiger partial charge in [0.15, 0.2) is 0 Å². The molecule has 124 valence electrons. The van der Waals surface area contributed by atoms with Crippen molar-refractivity contribution in [3.63, 3.8) is 0 Å². The smallest absolute Gasteiger partial charge is 0.228 e. The first-order chi connectivity index (χ1) is 11.1. The number of hydrogen-bond acceptors (Lipinski definition) is 4. The summed E-state index contributed by atoms with van der Waals surface area (Å²) < 4.78 is 0. The number of anilines is 1. The number of aromatic amines is 1. The van der Waals surface area contributed by atoms with Crippen LogP contribution in [-0.4, -0.2) is 33.5 Å². The lowest BCUT2D eigenvalue weighted by atomic mass is 9.49. The van der Waals surface area contributed by atoms with E-state index in [1.165, 1.54) is 25.6 Å². The van der Waals surface area contributed by atoms with Gasteiger partial charge in [0.2, 0.25) is 17.8 Å². The van der Waals surface area contributed by atoms with Crippen molar-refractivity contribution < 1.29 is 9.59 Å². The fraction of sp³-hybridized carbons (Fsp3) is 0.750. The topological polar surface area (TPSA) is 99.8 Å². The summed E-state index contributed by atoms with van der Waals surface area (Å²) in [6, 6.07) is 0. The van der Waals surface area contributed by atoms with Crippen molar-refractivity contribution in [1.82, 2.24) is 20.5 Å². The summed E-state index contributed by atoms with van der Waals surface area (Å²) in [5.74, 6) is 2.59. The minimum Gasteiger partial charge on any atom is -0.355 e. The molecule has 5 rings (SSSR count). The Kier molecular flexibility index (Phi) is 3.58. The number of H-pyrrole nitrogens is 1. The highest BCUT2D eigenvalue weighted by molar-refractivity contribution is 5.89. The highest BCUT2D eigenvalue weighted by Gasteiger charge is 2.54. The van der Waals surface area contributed by atoms with Crippen LogP contribution in [0, 0.1) is 23.2 Å². The fourth-order valence-corrected chi connectivity index (χ4v) is 5.33. The quantitative estimate of drug-likeness (QED) is 0.765. The van der Waals surface area contributed by atoms with Crippen molar-refractivity contribution in [3.05, 3.63) is 6.33 Å². The van der Waals surface area contributed by atoms with Crippen LogP contribution in [0.4, 0.5) is 5.95 Å². The zero-order valence-corrected chi connectivity index (χ0v) is 13.2. The summed E-state index contributed by atoms with van der Waals surface area (Å²) in [4.78, 5) is 28.4. The van der Waals surface area contributed by atoms with Gasteiger partial charge < -0.3 is 5.32 Å². The minimum absolute atomic E-state index is 0.143. The van der Waals surface area contributed by atoms with E-state index in [4.69, 9.17) is 0 Å². The van der Waals surface area contributed by atoms with E-state index < -0.39 is 0 Å². The van der Waals surface area contributed by atoms with Crippen LogP contribution in [0.5, 0.6) is 0 Å². The molecule has 0 unspecified atom stereocenters. The Hall–Kier alpha value is -1.92. The second-order valence-electron chi connectivity index (χ2n) is 7.59. The van der Waals surface area contributed by atoms with Crippen LogP contribution in [0.3, 0.4) is 0 Å². The Bertz CT molecular complexity index is 562. The van der Waals surface area contributed by atoms with Gasteiger partial charge in [-0.1, -0.05) is 0 Å². The molecule has 4 saturated carbocycles. The summed E-state index contributed by atoms with van der Waals surface area (Å²) >= 11 is 0. The van der Waals surface area contributed by atoms with E-state index in [9.17, 15) is 9.59 Å². The van der Waals surface area contributed by atoms with E-state index in [0.29, 0.717) is 12.5 Å². The molecule has 4 fully saturated rings. The van der Waals surface area contributed by atoms with E-state index in [1.807, 2.05) is 0 Å². The van der Waals surface area contributed by atoms with Gasteiger partial charge in [0.1, 0.15) is 6.33 Å². The van der Waals surface area contributed by atoms with Gasteiger partial charge in [0.25, 0.3) is 0 Å². The van der Waals surface area contributed by atoms with E-state index in [1.54, 1.807) is 0 Å². The van der Waals surface area contributed by atoms with Crippen molar-refractivity contribution in [2.24, 2.45) is 23.2 Å². The summed E-state index contributed by atoms with van der Waals surface area (Å²) in [6.07, 6.45) is 8.72. The first-order valence-corrected chi connectivity index (χ1v) is 8.56. The van der Waals surface area contributed by atoms with Gasteiger partial charge in [-0.15, -0.1) is 0 Å². The molecule has 0 aromatic carbocycles. The predicted octanol–water partition coefficient (Wildman–Crippen LogP) is 1.47. The molecule has 0 spiro atoms. The molecule has 7 nitrogen and oxygen atoms in total. The standard InChI is InChI=1S/C16H23N5O2/c22-13(20-15-18-9-19-21-15)1-2-17-14(23)16-6-10-3-11(7-16)5-12(4-10)8-16/h9-12H,1-8H2,(H,17,23)(H2,18,19,20,21,22). The van der Waals surface area contributed by atoms with Crippen LogP contribution in [-0.2, 0) is 9.59 Å². The van der Waals surface area contributed by atoms with E-state index in [0.717, 1.165) is 37.0 Å². The maximum Gasteiger partial charge on any atom is 0.228 e. The number of nitrogens with zero attached hydrogens (tertiary/aromatic N) is 2. The highest BCUT2D eigenvalue weighted by atomic mass is 16.2. The second kappa shape index (κ2) is 5.62. The molecular weight excluding hydrogens is 294 g/mol. The summed E-state index contributed by atoms with van der Waals surface area (Å²) in [5.41, 5.74) is -0.143. The zero-order chi connectivity index (χ0) is 15.9. The summed E-state index contributed by atoms with van der Waals surface area (Å²) in [7, 11) is 0. The van der Waals surface area contributed by atoms with Gasteiger partial charge in [-0.2, -0.15) is 10.1 Å². The van der Waals surface area contributed by atoms with Crippen molar-refractivity contribution in [2.45, 2.75) is 44.9 Å². The van der Waals surface area contributed by atoms with Gasteiger partial charge in [0, 0.05) is 18.4 Å². The second-order valence-corrected chi connectivity index (χ2v) is 7.59. The fourth-order valence-electron chi connectivity index (χ4n) is 5.33. The Balaban J connectivity index is 1.28. The first kappa shape index (κ1) is 14.7. The van der Waals surface area contributed by atoms with Crippen LogP contribution in [0.1, 0.15) is 44.9 Å². The zero-order valence-electron chi connectivity index (χ0n) is 13.2. The SMILES string of the molecule is O=C(CCNC(=O)C12CC3CC(CC(C3)C1)C2)Nc1ncn[nH]1. The molecular formula is C16H23N5O2. The number of amides is 2. The monoisotopic (exact) mass is 317 g/mol. The molecule has 23 heavy (non-hydrogen) atoms. The number of carbonyl (C=O) groups excluding carboxylic acids is 2. The molecule has 0 saturated heterocycles. The molecule has 0 radical (unpaired) electrons. The average Bonchev–Trinajstić information content (AvgIpc) is 2.98. The lowest BCUT2D eigenvalue weighted by Crippen LogP contribution is -2.53. The number of rotatable bonds is 5. The predicted molar refractivity (Wildman–Crippen MR) is 83.2 cm³/mol. The van der Waals surface area contributed by atoms with Gasteiger partial charge in [0.05, 0.1) is 0 Å². The lowest BCUT2D eigenvalue weighted by molar-refractivity contribution is -0.146. The average molecular weight is 317 g/mol. The maximum absolute atomic E-state index is 12.7. The first-order valence-electron chi connectivity index (χ1n) is 8.56. The van der Waals surface area contributed by atoms with Crippen molar-refractivity contribution in [3.8, 4) is 0 Å². The van der Waals surface area contributed by atoms with Crippen LogP contribution in [0.15, 0.2) is 6.33 Å². The van der Waals surface area contributed by atoms with Crippen molar-refractivity contribution in [2.75, 3.05) is 11.9 Å². The molecule has 7 heteroatoms. The van der Waals surface area contributed by atoms with E-state index in [-0.39, 0.29) is 23.7 Å². The summed E-state index contributed by atoms with van der Waals surface area (Å²) in [6.45, 7) is 0.376. The molecule has 3 N–H and O–H groups in total. The van der Waals surface area contributed by atoms with Crippen LogP contribution >= 0.6 is 0 Å². The van der Waals surface area contributed by atoms with Gasteiger partial charge in [-0.05, 0) is 56.3 Å². The molecule has 4 aliphatic rings. The van der Waals surface area contributed by atoms with Crippen LogP contribution in [0.25, 0.3) is 0 Å². The largest absolute Gasteiger partial charge is 0.355 e. The molecule has 0 atom stereocenters. The lowest BCUT2D eigenvalue weighted by Gasteiger charge is -2.55. The highest BCUT2D eigenvalue weighted by Crippen LogP contribution is 2.60. The number of carbonyl (C=O) groups is 2. The third kappa shape index (κ3) is 2.84. The number of hydrogen-bond donors (Lipinski definition) is 3. The molecule has 4 bridgehead atoms. The molecule has 1 heterocycles. The Morgan fingerprint density at radius 3 is 2.39 bits per heavy atom. The minimum atomic E-state index is -0.174. The molecule has 2 amide bonds. The van der Waals surface area contributed by atoms with Crippen molar-refractivity contribution >= 4 is 17.8 Å². The van der Waals surface area contributed by atoms with Gasteiger partial charge >= 0.3 is 0 Å². The Labute approximate surface area is 135 Å². The number of nitrogens with one attached hydrogen (secondary N) is 3. The van der Waals surface area contributed by atoms with Gasteiger partial charge in [-0.25, -0.2) is 5.10 Å². The Morgan fingerprint density at radius 2 is 1.83 bits per heavy atom.